The zero-order valence-corrected chi connectivity index (χ0v) is 25.0. The molecule has 44 heavy (non-hydrogen) atoms. The maximum absolute atomic E-state index is 12.0. The molecule has 236 valence electrons. The van der Waals surface area contributed by atoms with E-state index in [4.69, 9.17) is 39.9 Å². The van der Waals surface area contributed by atoms with Gasteiger partial charge in [-0.25, -0.2) is 0 Å². The van der Waals surface area contributed by atoms with Crippen LogP contribution in [0, 0.1) is 5.21 Å². The Labute approximate surface area is 268 Å². The van der Waals surface area contributed by atoms with Gasteiger partial charge in [-0.1, -0.05) is 0 Å². The molecule has 1 aromatic rings. The van der Waals surface area contributed by atoms with Gasteiger partial charge in [0, 0.05) is 24.3 Å². The zero-order chi connectivity index (χ0) is 32.1. The molecule has 9 atom stereocenters. The number of aliphatic hydroxyl groups excluding tert-OH is 8. The van der Waals surface area contributed by atoms with Gasteiger partial charge in [0.15, 0.2) is 11.7 Å². The fourth-order valence-corrected chi connectivity index (χ4v) is 4.38. The standard InChI is InChI=1S/C12H7NO4.C12H22O11.N3.Na/c14-7-1-3-9-11(5-7)17-12-6-8(15)2-4-10(12)13(9)16;13-1-4-6(16)8(18)9(19)11(21-4)23-12(3-15)10(20)7(17)5(2-14)22-12;1-3-2;/h1-6,14H;4-11,13-20H,1-3H2;;/q;;-1;+1/t;4-,5-,6-,7-,8+,9-,10+,11-,12-;;/m.1../s1. The number of hydrogen-bond donors (Lipinski definition) is 9. The molecule has 0 unspecified atom stereocenters. The first-order chi connectivity index (χ1) is 20.4. The van der Waals surface area contributed by atoms with E-state index in [9.17, 15) is 45.7 Å². The molecular weight excluding hydrogens is 607 g/mol. The molecule has 5 rings (SSSR count). The molecule has 3 aliphatic heterocycles. The molecule has 2 saturated heterocycles. The van der Waals surface area contributed by atoms with Crippen LogP contribution in [0.3, 0.4) is 0 Å². The molecule has 1 aromatic carbocycles. The Morgan fingerprint density at radius 1 is 0.932 bits per heavy atom. The molecule has 1 aliphatic carbocycles. The molecule has 0 saturated carbocycles. The first-order valence-electron chi connectivity index (χ1n) is 12.4. The van der Waals surface area contributed by atoms with E-state index < -0.39 is 74.6 Å². The van der Waals surface area contributed by atoms with Crippen molar-refractivity contribution in [2.45, 2.75) is 54.8 Å². The van der Waals surface area contributed by atoms with Gasteiger partial charge < -0.3 is 80.9 Å². The predicted octanol–water partition coefficient (Wildman–Crippen LogP) is -6.29. The van der Waals surface area contributed by atoms with Gasteiger partial charge in [0.1, 0.15) is 55.1 Å². The molecule has 2 fully saturated rings. The predicted molar refractivity (Wildman–Crippen MR) is 138 cm³/mol. The number of hydrogen-bond acceptors (Lipinski definition) is 15. The van der Waals surface area contributed by atoms with Crippen LogP contribution in [0.4, 0.5) is 0 Å². The number of aromatic hydroxyl groups is 1. The van der Waals surface area contributed by atoms with E-state index in [0.717, 1.165) is 0 Å². The molecule has 3 heterocycles. The topological polar surface area (TPSA) is 326 Å². The van der Waals surface area contributed by atoms with Crippen LogP contribution in [0.1, 0.15) is 0 Å². The minimum Gasteiger partial charge on any atom is -0.618 e. The number of nitrogens with zero attached hydrogens (tertiary/aromatic N) is 4. The number of fused-ring (bicyclic) bond motifs is 2. The van der Waals surface area contributed by atoms with Crippen LogP contribution in [-0.2, 0) is 14.2 Å². The normalized spacial score (nSPS) is 31.2. The minimum atomic E-state index is -2.22. The van der Waals surface area contributed by atoms with Crippen molar-refractivity contribution in [3.05, 3.63) is 67.8 Å². The number of phenols is 1. The van der Waals surface area contributed by atoms with Crippen molar-refractivity contribution in [2.24, 2.45) is 0 Å². The zero-order valence-electron chi connectivity index (χ0n) is 23.0. The molecule has 4 aliphatic rings. The Bertz CT molecular complexity index is 1440. The molecule has 0 amide bonds. The molecule has 9 N–H and O–H groups in total. The van der Waals surface area contributed by atoms with E-state index in [1.54, 1.807) is 0 Å². The number of phenolic OH excluding ortho intramolecular Hbond substituents is 1. The van der Waals surface area contributed by atoms with Gasteiger partial charge in [-0.15, -0.1) is 0 Å². The molecule has 0 aromatic heterocycles. The number of rotatable bonds is 5. The Morgan fingerprint density at radius 3 is 2.14 bits per heavy atom. The van der Waals surface area contributed by atoms with E-state index in [-0.39, 0.29) is 57.8 Å². The Morgan fingerprint density at radius 2 is 1.57 bits per heavy atom. The summed E-state index contributed by atoms with van der Waals surface area (Å²) < 4.78 is 21.5. The average Bonchev–Trinajstić information content (AvgIpc) is 3.23. The molecule has 0 spiro atoms. The van der Waals surface area contributed by atoms with Crippen molar-refractivity contribution in [2.75, 3.05) is 19.8 Å². The van der Waals surface area contributed by atoms with Crippen LogP contribution in [0.2, 0.25) is 0 Å². The third-order valence-electron chi connectivity index (χ3n) is 6.60. The van der Waals surface area contributed by atoms with Crippen LogP contribution < -0.4 is 39.7 Å². The first kappa shape index (κ1) is 37.5. The van der Waals surface area contributed by atoms with Gasteiger partial charge in [0.25, 0.3) is 11.2 Å². The second-order valence-electron chi connectivity index (χ2n) is 9.33. The minimum absolute atomic E-state index is 0. The van der Waals surface area contributed by atoms with E-state index in [1.165, 1.54) is 41.3 Å². The Kier molecular flexibility index (Phi) is 13.7. The molecule has 0 bridgehead atoms. The maximum atomic E-state index is 12.0. The van der Waals surface area contributed by atoms with Crippen LogP contribution in [-0.4, -0.2) is 121 Å². The van der Waals surface area contributed by atoms with Gasteiger partial charge in [-0.05, 0) is 12.1 Å². The fourth-order valence-electron chi connectivity index (χ4n) is 4.38. The molecule has 19 nitrogen and oxygen atoms in total. The summed E-state index contributed by atoms with van der Waals surface area (Å²) >= 11 is 0. The SMILES string of the molecule is O=c1ccc2[n+]([O-])c3ccc(O)cc3oc-2c1.OC[C@H]1O[C@](CO)(O[C@H]2O[C@H](CO)[C@@H](O)[C@H](O)[C@H]2O)[C@@H](O)[C@@H]1O.[N-]=[N+]=[N-].[Na+]. The van der Waals surface area contributed by atoms with Crippen LogP contribution >= 0.6 is 0 Å². The van der Waals surface area contributed by atoms with Crippen LogP contribution in [0.25, 0.3) is 38.5 Å². The van der Waals surface area contributed by atoms with Gasteiger partial charge in [0.05, 0.1) is 13.2 Å². The largest absolute Gasteiger partial charge is 1.00 e. The van der Waals surface area contributed by atoms with Crippen molar-refractivity contribution in [1.29, 1.82) is 0 Å². The summed E-state index contributed by atoms with van der Waals surface area (Å²) in [5, 5.41) is 98.0. The third-order valence-corrected chi connectivity index (χ3v) is 6.60. The summed E-state index contributed by atoms with van der Waals surface area (Å²) in [6, 6.07) is 8.17. The number of aliphatic hydroxyl groups is 8. The van der Waals surface area contributed by atoms with Crippen LogP contribution in [0.5, 0.6) is 5.75 Å². The summed E-state index contributed by atoms with van der Waals surface area (Å²) in [7, 11) is 0. The second-order valence-corrected chi connectivity index (χ2v) is 9.33. The number of aromatic nitrogens is 1. The van der Waals surface area contributed by atoms with Crippen LogP contribution in [0.15, 0.2) is 45.6 Å². The van der Waals surface area contributed by atoms with Crippen molar-refractivity contribution in [3.8, 4) is 17.2 Å². The van der Waals surface area contributed by atoms with Crippen molar-refractivity contribution in [3.63, 3.8) is 0 Å². The average molecular weight is 636 g/mol. The van der Waals surface area contributed by atoms with E-state index in [0.29, 0.717) is 10.2 Å². The van der Waals surface area contributed by atoms with Gasteiger partial charge in [-0.3, -0.25) is 9.71 Å². The fraction of sp³-hybridized carbons (Fsp3) is 0.500. The molecule has 0 radical (unpaired) electrons. The summed E-state index contributed by atoms with van der Waals surface area (Å²) in [5.41, 5.74) is 14.1. The summed E-state index contributed by atoms with van der Waals surface area (Å²) in [6.45, 7) is -2.32. The quantitative estimate of drug-likeness (QED) is 0.0239. The maximum Gasteiger partial charge on any atom is 1.00 e. The second kappa shape index (κ2) is 16.0. The van der Waals surface area contributed by atoms with Gasteiger partial charge in [-0.2, -0.15) is 4.73 Å². The molecular formula is C24H29N4NaO15. The van der Waals surface area contributed by atoms with E-state index in [1.807, 2.05) is 0 Å². The Hall–Kier alpha value is -2.69. The summed E-state index contributed by atoms with van der Waals surface area (Å²) in [5.74, 6) is -2.02. The van der Waals surface area contributed by atoms with Crippen molar-refractivity contribution in [1.82, 2.24) is 0 Å². The van der Waals surface area contributed by atoms with Gasteiger partial charge >= 0.3 is 29.6 Å². The first-order valence-corrected chi connectivity index (χ1v) is 12.4. The van der Waals surface area contributed by atoms with Gasteiger partial charge in [0.2, 0.25) is 17.1 Å². The van der Waals surface area contributed by atoms with Crippen molar-refractivity contribution >= 4 is 11.1 Å². The Balaban J connectivity index is 0.000000284. The van der Waals surface area contributed by atoms with E-state index >= 15 is 0 Å². The smallest absolute Gasteiger partial charge is 0.618 e. The number of ether oxygens (including phenoxy) is 3. The van der Waals surface area contributed by atoms with E-state index in [2.05, 4.69) is 0 Å². The summed E-state index contributed by atoms with van der Waals surface area (Å²) in [6.07, 6.45) is -12.7. The summed E-state index contributed by atoms with van der Waals surface area (Å²) in [4.78, 5) is 12.7. The number of benzene rings is 2. The van der Waals surface area contributed by atoms with Crippen molar-refractivity contribution < 1.29 is 98.9 Å². The molecule has 20 heteroatoms. The third kappa shape index (κ3) is 7.74. The monoisotopic (exact) mass is 636 g/mol.